The van der Waals surface area contributed by atoms with Gasteiger partial charge in [0, 0.05) is 24.7 Å². The van der Waals surface area contributed by atoms with E-state index in [0.29, 0.717) is 22.8 Å². The van der Waals surface area contributed by atoms with Gasteiger partial charge in [-0.15, -0.1) is 0 Å². The van der Waals surface area contributed by atoms with Gasteiger partial charge in [0.05, 0.1) is 11.7 Å². The second kappa shape index (κ2) is 5.59. The molecule has 2 aromatic heterocycles. The Balaban J connectivity index is 1.70. The number of rotatable bonds is 2. The van der Waals surface area contributed by atoms with E-state index < -0.39 is 0 Å². The van der Waals surface area contributed by atoms with Crippen LogP contribution in [-0.2, 0) is 7.05 Å². The summed E-state index contributed by atoms with van der Waals surface area (Å²) in [6.07, 6.45) is 1.84. The molecule has 1 aliphatic heterocycles. The molecule has 124 valence electrons. The molecular formula is C16H17ClN6O. The van der Waals surface area contributed by atoms with Crippen molar-refractivity contribution < 1.29 is 4.79 Å². The van der Waals surface area contributed by atoms with Gasteiger partial charge in [-0.1, -0.05) is 11.6 Å². The molecule has 0 bridgehead atoms. The van der Waals surface area contributed by atoms with E-state index in [1.807, 2.05) is 18.9 Å². The summed E-state index contributed by atoms with van der Waals surface area (Å²) >= 11 is 6.41. The molecule has 8 heteroatoms. The first-order valence-electron chi connectivity index (χ1n) is 7.86. The maximum absolute atomic E-state index is 13.0. The monoisotopic (exact) mass is 344 g/mol. The largest absolute Gasteiger partial charge is 0.331 e. The third-order valence-electron chi connectivity index (χ3n) is 4.61. The summed E-state index contributed by atoms with van der Waals surface area (Å²) in [7, 11) is 1.82. The van der Waals surface area contributed by atoms with Crippen LogP contribution >= 0.6 is 11.6 Å². The van der Waals surface area contributed by atoms with Crippen LogP contribution in [0.4, 0.5) is 0 Å². The highest BCUT2D eigenvalue weighted by atomic mass is 35.5. The molecule has 4 rings (SSSR count). The van der Waals surface area contributed by atoms with Crippen LogP contribution in [0.3, 0.4) is 0 Å². The Labute approximate surface area is 143 Å². The topological polar surface area (TPSA) is 79.7 Å². The molecule has 24 heavy (non-hydrogen) atoms. The maximum atomic E-state index is 13.0. The first kappa shape index (κ1) is 15.1. The highest BCUT2D eigenvalue weighted by Gasteiger charge is 2.34. The van der Waals surface area contributed by atoms with Gasteiger partial charge in [0.1, 0.15) is 16.2 Å². The Kier molecular flexibility index (Phi) is 3.53. The van der Waals surface area contributed by atoms with E-state index in [-0.39, 0.29) is 11.9 Å². The average Bonchev–Trinajstić information content (AvgIpc) is 3.26. The Morgan fingerprint density at radius 2 is 2.12 bits per heavy atom. The van der Waals surface area contributed by atoms with Crippen LogP contribution in [0.2, 0.25) is 5.15 Å². The zero-order valence-corrected chi connectivity index (χ0v) is 14.2. The maximum Gasteiger partial charge on any atom is 0.254 e. The fourth-order valence-electron chi connectivity index (χ4n) is 3.47. The lowest BCUT2D eigenvalue weighted by atomic mass is 10.0. The lowest BCUT2D eigenvalue weighted by Crippen LogP contribution is -2.30. The van der Waals surface area contributed by atoms with E-state index in [1.165, 1.54) is 0 Å². The molecule has 1 fully saturated rings. The molecule has 0 aliphatic carbocycles. The number of nitrogens with zero attached hydrogens (tertiary/aromatic N) is 5. The van der Waals surface area contributed by atoms with E-state index in [1.54, 1.807) is 22.9 Å². The van der Waals surface area contributed by atoms with Crippen LogP contribution < -0.4 is 0 Å². The second-order valence-electron chi connectivity index (χ2n) is 6.10. The molecule has 0 saturated carbocycles. The van der Waals surface area contributed by atoms with E-state index in [2.05, 4.69) is 20.5 Å². The van der Waals surface area contributed by atoms with Crippen LogP contribution in [-0.4, -0.2) is 42.5 Å². The number of aromatic amines is 1. The summed E-state index contributed by atoms with van der Waals surface area (Å²) in [6, 6.07) is 5.33. The van der Waals surface area contributed by atoms with Crippen LogP contribution in [0.5, 0.6) is 0 Å². The van der Waals surface area contributed by atoms with Crippen LogP contribution in [0.15, 0.2) is 18.2 Å². The first-order valence-corrected chi connectivity index (χ1v) is 8.24. The van der Waals surface area contributed by atoms with Gasteiger partial charge in [0.15, 0.2) is 0 Å². The predicted molar refractivity (Wildman–Crippen MR) is 89.9 cm³/mol. The zero-order valence-electron chi connectivity index (χ0n) is 13.5. The van der Waals surface area contributed by atoms with Crippen molar-refractivity contribution in [1.29, 1.82) is 0 Å². The highest BCUT2D eigenvalue weighted by molar-refractivity contribution is 6.30. The quantitative estimate of drug-likeness (QED) is 0.775. The fourth-order valence-corrected chi connectivity index (χ4v) is 3.77. The molecule has 1 N–H and O–H groups in total. The van der Waals surface area contributed by atoms with Gasteiger partial charge in [0.2, 0.25) is 0 Å². The van der Waals surface area contributed by atoms with Crippen molar-refractivity contribution in [3.63, 3.8) is 0 Å². The van der Waals surface area contributed by atoms with Crippen molar-refractivity contribution in [1.82, 2.24) is 30.1 Å². The Morgan fingerprint density at radius 3 is 2.88 bits per heavy atom. The number of benzene rings is 1. The van der Waals surface area contributed by atoms with Gasteiger partial charge < -0.3 is 4.90 Å². The Morgan fingerprint density at radius 1 is 1.33 bits per heavy atom. The molecule has 1 saturated heterocycles. The standard InChI is InChI=1S/C16H17ClN6O/c1-9-14(15(17)22(2)20-9)13-4-3-7-23(13)16(24)10-5-6-11-12(8-10)19-21-18-11/h5-6,8,13H,3-4,7H2,1-2H3,(H,18,19,21)/t13-/m0/s1. The third kappa shape index (κ3) is 2.27. The molecule has 1 aromatic carbocycles. The van der Waals surface area contributed by atoms with E-state index in [9.17, 15) is 4.79 Å². The number of amides is 1. The summed E-state index contributed by atoms with van der Waals surface area (Å²) in [6.45, 7) is 2.65. The summed E-state index contributed by atoms with van der Waals surface area (Å²) in [5.74, 6) is -0.0123. The molecule has 0 radical (unpaired) electrons. The van der Waals surface area contributed by atoms with Crippen molar-refractivity contribution in [2.45, 2.75) is 25.8 Å². The van der Waals surface area contributed by atoms with E-state index in [4.69, 9.17) is 11.6 Å². The normalized spacial score (nSPS) is 17.8. The van der Waals surface area contributed by atoms with Crippen molar-refractivity contribution in [2.24, 2.45) is 7.05 Å². The Hall–Kier alpha value is -2.41. The number of carbonyl (C=O) groups is 1. The molecule has 0 spiro atoms. The average molecular weight is 345 g/mol. The van der Waals surface area contributed by atoms with Crippen LogP contribution in [0.1, 0.15) is 40.5 Å². The SMILES string of the molecule is Cc1nn(C)c(Cl)c1[C@@H]1CCCN1C(=O)c1ccc2n[nH]nc2c1. The number of carbonyl (C=O) groups excluding carboxylic acids is 1. The number of fused-ring (bicyclic) bond motifs is 1. The molecule has 7 nitrogen and oxygen atoms in total. The van der Waals surface area contributed by atoms with Gasteiger partial charge in [-0.3, -0.25) is 9.48 Å². The number of halogens is 1. The van der Waals surface area contributed by atoms with Crippen molar-refractivity contribution in [2.75, 3.05) is 6.54 Å². The summed E-state index contributed by atoms with van der Waals surface area (Å²) < 4.78 is 1.66. The number of hydrogen-bond acceptors (Lipinski definition) is 4. The molecule has 3 heterocycles. The first-order chi connectivity index (χ1) is 11.6. The summed E-state index contributed by atoms with van der Waals surface area (Å²) in [5, 5.41) is 15.6. The molecule has 1 amide bonds. The van der Waals surface area contributed by atoms with Crippen molar-refractivity contribution in [3.05, 3.63) is 40.2 Å². The van der Waals surface area contributed by atoms with Gasteiger partial charge in [0.25, 0.3) is 5.91 Å². The summed E-state index contributed by atoms with van der Waals surface area (Å²) in [4.78, 5) is 14.9. The van der Waals surface area contributed by atoms with Gasteiger partial charge in [-0.25, -0.2) is 0 Å². The molecule has 0 unspecified atom stereocenters. The third-order valence-corrected chi connectivity index (χ3v) is 5.05. The number of likely N-dealkylation sites (tertiary alicyclic amines) is 1. The van der Waals surface area contributed by atoms with Crippen LogP contribution in [0.25, 0.3) is 11.0 Å². The minimum atomic E-state index is -0.0355. The molecule has 1 atom stereocenters. The Bertz CT molecular complexity index is 930. The minimum absolute atomic E-state index is 0.0123. The van der Waals surface area contributed by atoms with Crippen molar-refractivity contribution in [3.8, 4) is 0 Å². The van der Waals surface area contributed by atoms with Crippen molar-refractivity contribution >= 4 is 28.5 Å². The fraction of sp³-hybridized carbons (Fsp3) is 0.375. The van der Waals surface area contributed by atoms with E-state index in [0.717, 1.165) is 29.6 Å². The van der Waals surface area contributed by atoms with E-state index >= 15 is 0 Å². The number of hydrogen-bond donors (Lipinski definition) is 1. The lowest BCUT2D eigenvalue weighted by molar-refractivity contribution is 0.0735. The smallest absolute Gasteiger partial charge is 0.254 e. The van der Waals surface area contributed by atoms with Gasteiger partial charge in [-0.2, -0.15) is 20.5 Å². The lowest BCUT2D eigenvalue weighted by Gasteiger charge is -2.25. The molecule has 3 aromatic rings. The number of H-pyrrole nitrogens is 1. The van der Waals surface area contributed by atoms with Gasteiger partial charge >= 0.3 is 0 Å². The minimum Gasteiger partial charge on any atom is -0.331 e. The zero-order chi connectivity index (χ0) is 16.8. The van der Waals surface area contributed by atoms with Crippen LogP contribution in [0, 0.1) is 6.92 Å². The number of nitrogens with one attached hydrogen (secondary N) is 1. The number of aryl methyl sites for hydroxylation is 2. The second-order valence-corrected chi connectivity index (χ2v) is 6.46. The summed E-state index contributed by atoms with van der Waals surface area (Å²) in [5.41, 5.74) is 3.87. The van der Waals surface area contributed by atoms with Gasteiger partial charge in [-0.05, 0) is 38.0 Å². The number of aromatic nitrogens is 5. The molecular weight excluding hydrogens is 328 g/mol. The highest BCUT2D eigenvalue weighted by Crippen LogP contribution is 2.38. The predicted octanol–water partition coefficient (Wildman–Crippen LogP) is 2.63. The molecule has 1 aliphatic rings.